The van der Waals surface area contributed by atoms with Crippen LogP contribution in [0.5, 0.6) is 5.75 Å². The first-order valence-corrected chi connectivity index (χ1v) is 8.55. The van der Waals surface area contributed by atoms with Gasteiger partial charge in [0.15, 0.2) is 0 Å². The largest absolute Gasteiger partial charge is 0.486 e. The van der Waals surface area contributed by atoms with E-state index >= 15 is 0 Å². The van der Waals surface area contributed by atoms with Crippen molar-refractivity contribution in [1.82, 2.24) is 5.32 Å². The molecule has 0 aliphatic carbocycles. The fraction of sp³-hybridized carbons (Fsp3) is 0.400. The number of ether oxygens (including phenoxy) is 1. The third kappa shape index (κ3) is 4.26. The van der Waals surface area contributed by atoms with Gasteiger partial charge >= 0.3 is 0 Å². The van der Waals surface area contributed by atoms with Crippen LogP contribution in [0.3, 0.4) is 0 Å². The lowest BCUT2D eigenvalue weighted by Crippen LogP contribution is -2.30. The molecule has 2 aromatic rings. The Labute approximate surface area is 139 Å². The molecule has 3 rings (SSSR count). The zero-order valence-corrected chi connectivity index (χ0v) is 14.0. The van der Waals surface area contributed by atoms with Crippen LogP contribution >= 0.6 is 0 Å². The minimum atomic E-state index is 0.291. The van der Waals surface area contributed by atoms with E-state index in [2.05, 4.69) is 73.0 Å². The van der Waals surface area contributed by atoms with Gasteiger partial charge in [-0.1, -0.05) is 43.3 Å². The first-order valence-electron chi connectivity index (χ1n) is 8.55. The summed E-state index contributed by atoms with van der Waals surface area (Å²) in [7, 11) is 0. The lowest BCUT2D eigenvalue weighted by Gasteiger charge is -2.27. The fourth-order valence-electron chi connectivity index (χ4n) is 2.93. The van der Waals surface area contributed by atoms with E-state index in [1.54, 1.807) is 0 Å². The quantitative estimate of drug-likeness (QED) is 0.846. The Morgan fingerprint density at radius 3 is 2.78 bits per heavy atom. The molecule has 23 heavy (non-hydrogen) atoms. The van der Waals surface area contributed by atoms with Crippen LogP contribution in [0.25, 0.3) is 0 Å². The van der Waals surface area contributed by atoms with Gasteiger partial charge in [0.25, 0.3) is 0 Å². The maximum Gasteiger partial charge on any atom is 0.142 e. The summed E-state index contributed by atoms with van der Waals surface area (Å²) in [4.78, 5) is 0. The van der Waals surface area contributed by atoms with Crippen LogP contribution in [0.1, 0.15) is 31.4 Å². The minimum Gasteiger partial charge on any atom is -0.486 e. The van der Waals surface area contributed by atoms with Gasteiger partial charge in [-0.3, -0.25) is 0 Å². The summed E-state index contributed by atoms with van der Waals surface area (Å²) in [6, 6.07) is 17.5. The first kappa shape index (κ1) is 15.9. The van der Waals surface area contributed by atoms with E-state index in [1.165, 1.54) is 11.1 Å². The van der Waals surface area contributed by atoms with Crippen molar-refractivity contribution in [2.75, 3.05) is 11.9 Å². The molecular formula is C20H26N2O. The number of hydrogen-bond donors (Lipinski definition) is 2. The van der Waals surface area contributed by atoms with E-state index in [0.717, 1.165) is 37.4 Å². The number of hydrogen-bond acceptors (Lipinski definition) is 3. The average molecular weight is 310 g/mol. The van der Waals surface area contributed by atoms with E-state index in [0.29, 0.717) is 12.1 Å². The van der Waals surface area contributed by atoms with E-state index in [9.17, 15) is 0 Å². The van der Waals surface area contributed by atoms with E-state index in [4.69, 9.17) is 4.74 Å². The van der Waals surface area contributed by atoms with Gasteiger partial charge in [-0.2, -0.15) is 0 Å². The van der Waals surface area contributed by atoms with Crippen LogP contribution in [0.15, 0.2) is 48.5 Å². The molecule has 2 atom stereocenters. The summed E-state index contributed by atoms with van der Waals surface area (Å²) in [5.74, 6) is 0.983. The molecule has 0 bridgehead atoms. The van der Waals surface area contributed by atoms with Crippen molar-refractivity contribution >= 4 is 5.69 Å². The molecule has 3 nitrogen and oxygen atoms in total. The molecule has 1 heterocycles. The number of nitrogens with one attached hydrogen (secondary N) is 2. The molecule has 3 heteroatoms. The highest BCUT2D eigenvalue weighted by atomic mass is 16.5. The molecule has 0 spiro atoms. The standard InChI is InChI=1S/C20H26N2O/c1-3-18-14-22-19-12-17(9-10-20(19)23-18)11-15(2)21-13-16-7-5-4-6-8-16/h4-10,12,15,18,21-22H,3,11,13-14H2,1-2H3. The molecular weight excluding hydrogens is 284 g/mol. The number of anilines is 1. The Kier molecular flexibility index (Phi) is 5.19. The summed E-state index contributed by atoms with van der Waals surface area (Å²) in [6.07, 6.45) is 2.34. The number of fused-ring (bicyclic) bond motifs is 1. The second-order valence-corrected chi connectivity index (χ2v) is 6.33. The van der Waals surface area contributed by atoms with Crippen LogP contribution < -0.4 is 15.4 Å². The highest BCUT2D eigenvalue weighted by molar-refractivity contribution is 5.59. The van der Waals surface area contributed by atoms with Crippen LogP contribution in [-0.2, 0) is 13.0 Å². The third-order valence-corrected chi connectivity index (χ3v) is 4.35. The lowest BCUT2D eigenvalue weighted by molar-refractivity contribution is 0.202. The summed E-state index contributed by atoms with van der Waals surface area (Å²) in [6.45, 7) is 6.20. The molecule has 1 aliphatic rings. The van der Waals surface area contributed by atoms with Gasteiger partial charge in [0, 0.05) is 12.6 Å². The molecule has 122 valence electrons. The maximum absolute atomic E-state index is 5.97. The molecule has 1 aliphatic heterocycles. The van der Waals surface area contributed by atoms with E-state index in [-0.39, 0.29) is 0 Å². The van der Waals surface area contributed by atoms with E-state index in [1.807, 2.05) is 0 Å². The van der Waals surface area contributed by atoms with Crippen molar-refractivity contribution in [2.24, 2.45) is 0 Å². The van der Waals surface area contributed by atoms with Crippen molar-refractivity contribution in [3.05, 3.63) is 59.7 Å². The smallest absolute Gasteiger partial charge is 0.142 e. The number of rotatable bonds is 6. The zero-order chi connectivity index (χ0) is 16.1. The molecule has 2 unspecified atom stereocenters. The molecule has 0 amide bonds. The van der Waals surface area contributed by atoms with Crippen LogP contribution in [0.2, 0.25) is 0 Å². The monoisotopic (exact) mass is 310 g/mol. The van der Waals surface area contributed by atoms with Crippen LogP contribution in [0, 0.1) is 0 Å². The normalized spacial score (nSPS) is 17.7. The molecule has 0 aromatic heterocycles. The summed E-state index contributed by atoms with van der Waals surface area (Å²) >= 11 is 0. The summed E-state index contributed by atoms with van der Waals surface area (Å²) in [5, 5.41) is 7.08. The van der Waals surface area contributed by atoms with Crippen molar-refractivity contribution in [2.45, 2.75) is 45.4 Å². The SMILES string of the molecule is CCC1CNc2cc(CC(C)NCc3ccccc3)ccc2O1. The first-order chi connectivity index (χ1) is 11.2. The third-order valence-electron chi connectivity index (χ3n) is 4.35. The second kappa shape index (κ2) is 7.51. The topological polar surface area (TPSA) is 33.3 Å². The van der Waals surface area contributed by atoms with Gasteiger partial charge < -0.3 is 15.4 Å². The van der Waals surface area contributed by atoms with E-state index < -0.39 is 0 Å². The molecule has 2 N–H and O–H groups in total. The predicted molar refractivity (Wildman–Crippen MR) is 96.1 cm³/mol. The maximum atomic E-state index is 5.97. The van der Waals surface area contributed by atoms with Gasteiger partial charge in [0.2, 0.25) is 0 Å². The highest BCUT2D eigenvalue weighted by Crippen LogP contribution is 2.30. The van der Waals surface area contributed by atoms with Crippen molar-refractivity contribution < 1.29 is 4.74 Å². The van der Waals surface area contributed by atoms with Crippen molar-refractivity contribution in [3.8, 4) is 5.75 Å². The van der Waals surface area contributed by atoms with Gasteiger partial charge in [-0.15, -0.1) is 0 Å². The van der Waals surface area contributed by atoms with Gasteiger partial charge in [-0.05, 0) is 43.0 Å². The minimum absolute atomic E-state index is 0.291. The summed E-state index contributed by atoms with van der Waals surface area (Å²) in [5.41, 5.74) is 3.79. The van der Waals surface area contributed by atoms with Gasteiger partial charge in [0.05, 0.1) is 12.2 Å². The number of benzene rings is 2. The Morgan fingerprint density at radius 2 is 2.00 bits per heavy atom. The fourth-order valence-corrected chi connectivity index (χ4v) is 2.93. The van der Waals surface area contributed by atoms with Gasteiger partial charge in [-0.25, -0.2) is 0 Å². The Balaban J connectivity index is 1.56. The molecule has 0 radical (unpaired) electrons. The molecule has 2 aromatic carbocycles. The van der Waals surface area contributed by atoms with Gasteiger partial charge in [0.1, 0.15) is 11.9 Å². The Hall–Kier alpha value is -2.00. The predicted octanol–water partition coefficient (Wildman–Crippen LogP) is 3.99. The van der Waals surface area contributed by atoms with Crippen LogP contribution in [0.4, 0.5) is 5.69 Å². The van der Waals surface area contributed by atoms with Crippen LogP contribution in [-0.4, -0.2) is 18.7 Å². The second-order valence-electron chi connectivity index (χ2n) is 6.33. The zero-order valence-electron chi connectivity index (χ0n) is 14.0. The van der Waals surface area contributed by atoms with Crippen molar-refractivity contribution in [3.63, 3.8) is 0 Å². The Morgan fingerprint density at radius 1 is 1.17 bits per heavy atom. The molecule has 0 fully saturated rings. The summed E-state index contributed by atoms with van der Waals surface area (Å²) < 4.78 is 5.97. The Bertz CT molecular complexity index is 627. The average Bonchev–Trinajstić information content (AvgIpc) is 2.60. The highest BCUT2D eigenvalue weighted by Gasteiger charge is 2.18. The lowest BCUT2D eigenvalue weighted by atomic mass is 10.0. The van der Waals surface area contributed by atoms with Crippen molar-refractivity contribution in [1.29, 1.82) is 0 Å². The molecule has 0 saturated heterocycles. The molecule has 0 saturated carbocycles.